The highest BCUT2D eigenvalue weighted by atomic mass is 16.6. The van der Waals surface area contributed by atoms with Gasteiger partial charge in [-0.2, -0.15) is 0 Å². The van der Waals surface area contributed by atoms with Crippen molar-refractivity contribution in [3.05, 3.63) is 102 Å². The molecule has 3 aromatic carbocycles. The number of amides is 1. The van der Waals surface area contributed by atoms with E-state index in [9.17, 15) is 9.59 Å². The molecule has 188 valence electrons. The highest BCUT2D eigenvalue weighted by Gasteiger charge is 2.31. The smallest absolute Gasteiger partial charge is 0.407 e. The Labute approximate surface area is 216 Å². The lowest BCUT2D eigenvalue weighted by Crippen LogP contribution is -2.46. The van der Waals surface area contributed by atoms with Crippen molar-refractivity contribution in [1.29, 1.82) is 0 Å². The molecule has 0 radical (unpaired) electrons. The van der Waals surface area contributed by atoms with Crippen molar-refractivity contribution < 1.29 is 19.1 Å². The first kappa shape index (κ1) is 24.5. The van der Waals surface area contributed by atoms with E-state index in [4.69, 9.17) is 9.47 Å². The molecule has 0 aliphatic heterocycles. The molecule has 0 fully saturated rings. The van der Waals surface area contributed by atoms with Crippen molar-refractivity contribution in [2.45, 2.75) is 44.8 Å². The summed E-state index contributed by atoms with van der Waals surface area (Å²) >= 11 is 0. The summed E-state index contributed by atoms with van der Waals surface area (Å²) in [6, 6.07) is 23.2. The second kappa shape index (κ2) is 10.1. The number of carbonyl (C=O) groups excluding carboxylic acids is 2. The first-order valence-electron chi connectivity index (χ1n) is 12.5. The van der Waals surface area contributed by atoms with Crippen LogP contribution in [0.1, 0.15) is 43.4 Å². The molecule has 5 rings (SSSR count). The van der Waals surface area contributed by atoms with E-state index in [1.807, 2.05) is 48.5 Å². The molecule has 1 atom stereocenters. The number of pyridine rings is 1. The van der Waals surface area contributed by atoms with Crippen LogP contribution in [0.15, 0.2) is 85.2 Å². The number of aromatic nitrogens is 1. The molecule has 1 aliphatic carbocycles. The minimum atomic E-state index is -0.928. The van der Waals surface area contributed by atoms with Crippen LogP contribution in [-0.4, -0.2) is 35.3 Å². The fraction of sp³-hybridized carbons (Fsp3) is 0.258. The summed E-state index contributed by atoms with van der Waals surface area (Å²) < 4.78 is 11.3. The largest absolute Gasteiger partial charge is 0.458 e. The zero-order chi connectivity index (χ0) is 26.0. The average Bonchev–Trinajstić information content (AvgIpc) is 3.20. The Morgan fingerprint density at radius 2 is 1.51 bits per heavy atom. The van der Waals surface area contributed by atoms with Crippen LogP contribution in [0, 0.1) is 0 Å². The number of benzene rings is 3. The Balaban J connectivity index is 1.34. The Bertz CT molecular complexity index is 1410. The van der Waals surface area contributed by atoms with Crippen LogP contribution in [0.5, 0.6) is 0 Å². The van der Waals surface area contributed by atoms with Gasteiger partial charge in [-0.3, -0.25) is 4.98 Å². The Kier molecular flexibility index (Phi) is 6.66. The van der Waals surface area contributed by atoms with Crippen molar-refractivity contribution in [2.75, 3.05) is 6.61 Å². The summed E-state index contributed by atoms with van der Waals surface area (Å²) in [7, 11) is 0. The predicted molar refractivity (Wildman–Crippen MR) is 143 cm³/mol. The van der Waals surface area contributed by atoms with E-state index in [1.165, 1.54) is 0 Å². The summed E-state index contributed by atoms with van der Waals surface area (Å²) in [5, 5.41) is 4.70. The maximum Gasteiger partial charge on any atom is 0.407 e. The quantitative estimate of drug-likeness (QED) is 0.331. The minimum absolute atomic E-state index is 0.0691. The molecule has 0 saturated heterocycles. The lowest BCUT2D eigenvalue weighted by molar-refractivity contribution is -0.157. The van der Waals surface area contributed by atoms with Gasteiger partial charge in [0, 0.05) is 30.1 Å². The first-order valence-corrected chi connectivity index (χ1v) is 12.5. The average molecular weight is 495 g/mol. The van der Waals surface area contributed by atoms with Crippen LogP contribution in [0.25, 0.3) is 21.9 Å². The van der Waals surface area contributed by atoms with E-state index in [0.29, 0.717) is 0 Å². The molecule has 4 aromatic rings. The van der Waals surface area contributed by atoms with Crippen molar-refractivity contribution >= 4 is 22.8 Å². The lowest BCUT2D eigenvalue weighted by atomic mass is 9.98. The molecule has 1 amide bonds. The molecule has 1 N–H and O–H groups in total. The van der Waals surface area contributed by atoms with E-state index >= 15 is 0 Å². The first-order chi connectivity index (χ1) is 17.8. The fourth-order valence-corrected chi connectivity index (χ4v) is 4.91. The van der Waals surface area contributed by atoms with Crippen LogP contribution >= 0.6 is 0 Å². The van der Waals surface area contributed by atoms with Crippen molar-refractivity contribution in [2.24, 2.45) is 0 Å². The summed E-state index contributed by atoms with van der Waals surface area (Å²) in [4.78, 5) is 30.4. The standard InChI is InChI=1S/C31H30N2O4/c1-31(2,3)37-29(34)28(16-21-18-32-17-20-10-4-5-11-22(20)21)33-30(35)36-19-27-25-14-8-6-12-23(25)24-13-7-9-15-26(24)27/h4-15,17-18,27-28H,16,19H2,1-3H3,(H,33,35). The zero-order valence-electron chi connectivity index (χ0n) is 21.2. The van der Waals surface area contributed by atoms with E-state index in [1.54, 1.807) is 33.2 Å². The molecule has 37 heavy (non-hydrogen) atoms. The molecular weight excluding hydrogens is 464 g/mol. The van der Waals surface area contributed by atoms with E-state index in [0.717, 1.165) is 38.6 Å². The number of hydrogen-bond donors (Lipinski definition) is 1. The zero-order valence-corrected chi connectivity index (χ0v) is 21.2. The Morgan fingerprint density at radius 3 is 2.19 bits per heavy atom. The second-order valence-corrected chi connectivity index (χ2v) is 10.3. The number of nitrogens with one attached hydrogen (secondary N) is 1. The molecule has 1 aliphatic rings. The molecule has 0 spiro atoms. The van der Waals surface area contributed by atoms with Crippen molar-refractivity contribution in [1.82, 2.24) is 10.3 Å². The van der Waals surface area contributed by atoms with Gasteiger partial charge in [0.05, 0.1) is 0 Å². The van der Waals surface area contributed by atoms with Gasteiger partial charge in [0.1, 0.15) is 18.2 Å². The molecule has 1 heterocycles. The number of hydrogen-bond acceptors (Lipinski definition) is 5. The number of ether oxygens (including phenoxy) is 2. The van der Waals surface area contributed by atoms with Gasteiger partial charge in [-0.25, -0.2) is 9.59 Å². The maximum atomic E-state index is 13.1. The van der Waals surface area contributed by atoms with Gasteiger partial charge in [0.25, 0.3) is 0 Å². The van der Waals surface area contributed by atoms with Gasteiger partial charge in [-0.1, -0.05) is 72.8 Å². The van der Waals surface area contributed by atoms with Gasteiger partial charge in [-0.15, -0.1) is 0 Å². The van der Waals surface area contributed by atoms with Crippen molar-refractivity contribution in [3.8, 4) is 11.1 Å². The monoisotopic (exact) mass is 494 g/mol. The van der Waals surface area contributed by atoms with Gasteiger partial charge in [-0.05, 0) is 54.0 Å². The van der Waals surface area contributed by atoms with Crippen LogP contribution < -0.4 is 5.32 Å². The molecular formula is C31H30N2O4. The molecule has 6 nitrogen and oxygen atoms in total. The number of rotatable bonds is 6. The third-order valence-corrected chi connectivity index (χ3v) is 6.50. The third kappa shape index (κ3) is 5.33. The van der Waals surface area contributed by atoms with Crippen LogP contribution in [0.2, 0.25) is 0 Å². The maximum absolute atomic E-state index is 13.1. The Morgan fingerprint density at radius 1 is 0.892 bits per heavy atom. The fourth-order valence-electron chi connectivity index (χ4n) is 4.91. The SMILES string of the molecule is CC(C)(C)OC(=O)C(Cc1cncc2ccccc12)NC(=O)OCC1c2ccccc2-c2ccccc21. The molecule has 0 bridgehead atoms. The molecule has 6 heteroatoms. The topological polar surface area (TPSA) is 77.5 Å². The number of esters is 1. The van der Waals surface area contributed by atoms with Gasteiger partial charge < -0.3 is 14.8 Å². The summed E-state index contributed by atoms with van der Waals surface area (Å²) in [6.07, 6.45) is 3.07. The molecule has 1 unspecified atom stereocenters. The van der Waals surface area contributed by atoms with Crippen LogP contribution in [-0.2, 0) is 20.7 Å². The number of carbonyl (C=O) groups is 2. The number of nitrogens with zero attached hydrogens (tertiary/aromatic N) is 1. The minimum Gasteiger partial charge on any atom is -0.458 e. The number of alkyl carbamates (subject to hydrolysis) is 1. The van der Waals surface area contributed by atoms with Gasteiger partial charge >= 0.3 is 12.1 Å². The van der Waals surface area contributed by atoms with Gasteiger partial charge in [0.15, 0.2) is 0 Å². The highest BCUT2D eigenvalue weighted by Crippen LogP contribution is 2.44. The predicted octanol–water partition coefficient (Wildman–Crippen LogP) is 6.03. The van der Waals surface area contributed by atoms with Crippen molar-refractivity contribution in [3.63, 3.8) is 0 Å². The molecule has 0 saturated carbocycles. The summed E-state index contributed by atoms with van der Waals surface area (Å²) in [6.45, 7) is 5.56. The van der Waals surface area contributed by atoms with E-state index in [2.05, 4.69) is 34.6 Å². The summed E-state index contributed by atoms with van der Waals surface area (Å²) in [5.74, 6) is -0.589. The third-order valence-electron chi connectivity index (χ3n) is 6.50. The van der Waals surface area contributed by atoms with E-state index < -0.39 is 23.7 Å². The lowest BCUT2D eigenvalue weighted by Gasteiger charge is -2.25. The van der Waals surface area contributed by atoms with Crippen LogP contribution in [0.4, 0.5) is 4.79 Å². The van der Waals surface area contributed by atoms with Crippen LogP contribution in [0.3, 0.4) is 0 Å². The summed E-state index contributed by atoms with van der Waals surface area (Å²) in [5.41, 5.74) is 4.70. The highest BCUT2D eigenvalue weighted by molar-refractivity contribution is 5.87. The Hall–Kier alpha value is -4.19. The van der Waals surface area contributed by atoms with Gasteiger partial charge in [0.2, 0.25) is 0 Å². The number of fused-ring (bicyclic) bond motifs is 4. The normalized spacial score (nSPS) is 13.5. The van der Waals surface area contributed by atoms with E-state index in [-0.39, 0.29) is 18.9 Å². The second-order valence-electron chi connectivity index (χ2n) is 10.3. The molecule has 1 aromatic heterocycles.